The molecular formula is C25H37N3O4. The van der Waals surface area contributed by atoms with E-state index in [-0.39, 0.29) is 17.9 Å². The Labute approximate surface area is 191 Å². The zero-order valence-electron chi connectivity index (χ0n) is 19.1. The van der Waals surface area contributed by atoms with Crippen LogP contribution in [0.1, 0.15) is 37.7 Å². The molecule has 0 aromatic heterocycles. The molecule has 0 saturated carbocycles. The van der Waals surface area contributed by atoms with E-state index in [9.17, 15) is 4.79 Å². The molecule has 1 amide bonds. The molecule has 176 valence electrons. The molecule has 3 saturated heterocycles. The van der Waals surface area contributed by atoms with Gasteiger partial charge in [-0.05, 0) is 75.9 Å². The van der Waals surface area contributed by atoms with Gasteiger partial charge in [0.25, 0.3) is 0 Å². The molecule has 4 aliphatic heterocycles. The Morgan fingerprint density at radius 3 is 2.59 bits per heavy atom. The van der Waals surface area contributed by atoms with Crippen LogP contribution in [0.2, 0.25) is 0 Å². The van der Waals surface area contributed by atoms with Crippen LogP contribution in [0, 0.1) is 5.92 Å². The Balaban J connectivity index is 1.21. The summed E-state index contributed by atoms with van der Waals surface area (Å²) in [6.45, 7) is 8.00. The molecule has 7 nitrogen and oxygen atoms in total. The fraction of sp³-hybridized carbons (Fsp3) is 0.720. The number of carbonyl (C=O) groups excluding carboxylic acids is 1. The van der Waals surface area contributed by atoms with Crippen molar-refractivity contribution in [2.24, 2.45) is 5.92 Å². The van der Waals surface area contributed by atoms with Gasteiger partial charge < -0.3 is 24.4 Å². The predicted octanol–water partition coefficient (Wildman–Crippen LogP) is 2.08. The van der Waals surface area contributed by atoms with Gasteiger partial charge in [-0.3, -0.25) is 9.69 Å². The van der Waals surface area contributed by atoms with Crippen molar-refractivity contribution in [2.45, 2.75) is 50.6 Å². The first-order chi connectivity index (χ1) is 15.7. The third kappa shape index (κ3) is 5.38. The molecule has 0 bridgehead atoms. The molecule has 2 unspecified atom stereocenters. The minimum Gasteiger partial charge on any atom is -0.486 e. The van der Waals surface area contributed by atoms with Gasteiger partial charge in [-0.2, -0.15) is 0 Å². The van der Waals surface area contributed by atoms with Crippen LogP contribution >= 0.6 is 0 Å². The summed E-state index contributed by atoms with van der Waals surface area (Å²) in [5.41, 5.74) is 1.19. The largest absolute Gasteiger partial charge is 0.486 e. The van der Waals surface area contributed by atoms with E-state index in [1.807, 2.05) is 6.07 Å². The summed E-state index contributed by atoms with van der Waals surface area (Å²) in [5, 5.41) is 3.43. The van der Waals surface area contributed by atoms with Crippen molar-refractivity contribution in [2.75, 3.05) is 59.2 Å². The summed E-state index contributed by atoms with van der Waals surface area (Å²) >= 11 is 0. The zero-order chi connectivity index (χ0) is 21.8. The second kappa shape index (κ2) is 10.4. The number of hydrogen-bond acceptors (Lipinski definition) is 6. The number of ether oxygens (including phenoxy) is 3. The van der Waals surface area contributed by atoms with Gasteiger partial charge >= 0.3 is 0 Å². The lowest BCUT2D eigenvalue weighted by Gasteiger charge is -2.31. The monoisotopic (exact) mass is 443 g/mol. The number of amides is 1. The summed E-state index contributed by atoms with van der Waals surface area (Å²) in [7, 11) is 0. The van der Waals surface area contributed by atoms with Crippen LogP contribution in [-0.2, 0) is 16.0 Å². The maximum atomic E-state index is 13.3. The van der Waals surface area contributed by atoms with E-state index in [0.29, 0.717) is 19.3 Å². The van der Waals surface area contributed by atoms with E-state index < -0.39 is 0 Å². The molecule has 0 radical (unpaired) electrons. The molecule has 7 heteroatoms. The molecule has 5 rings (SSSR count). The van der Waals surface area contributed by atoms with Crippen LogP contribution < -0.4 is 14.8 Å². The molecule has 3 fully saturated rings. The minimum atomic E-state index is 0.0965. The fourth-order valence-electron chi connectivity index (χ4n) is 5.64. The Bertz CT molecular complexity index is 776. The van der Waals surface area contributed by atoms with Crippen molar-refractivity contribution >= 4 is 5.91 Å². The topological polar surface area (TPSA) is 63.3 Å². The average Bonchev–Trinajstić information content (AvgIpc) is 3.52. The number of fused-ring (bicyclic) bond motifs is 1. The number of likely N-dealkylation sites (tertiary alicyclic amines) is 2. The smallest absolute Gasteiger partial charge is 0.224 e. The lowest BCUT2D eigenvalue weighted by atomic mass is 10.0. The Morgan fingerprint density at radius 2 is 1.78 bits per heavy atom. The van der Waals surface area contributed by atoms with Gasteiger partial charge in [0.1, 0.15) is 13.2 Å². The second-order valence-electron chi connectivity index (χ2n) is 9.72. The van der Waals surface area contributed by atoms with Gasteiger partial charge in [-0.25, -0.2) is 0 Å². The molecule has 4 aliphatic rings. The minimum absolute atomic E-state index is 0.0965. The summed E-state index contributed by atoms with van der Waals surface area (Å²) in [6.07, 6.45) is 6.48. The Morgan fingerprint density at radius 1 is 1.00 bits per heavy atom. The molecule has 1 aromatic rings. The zero-order valence-corrected chi connectivity index (χ0v) is 19.1. The van der Waals surface area contributed by atoms with E-state index in [1.165, 1.54) is 18.4 Å². The number of benzene rings is 1. The van der Waals surface area contributed by atoms with Gasteiger partial charge in [0.15, 0.2) is 11.5 Å². The molecule has 2 atom stereocenters. The van der Waals surface area contributed by atoms with E-state index in [4.69, 9.17) is 14.2 Å². The summed E-state index contributed by atoms with van der Waals surface area (Å²) in [6, 6.07) is 6.89. The number of nitrogens with one attached hydrogen (secondary N) is 1. The Hall–Kier alpha value is -1.83. The molecule has 1 aromatic carbocycles. The first-order valence-electron chi connectivity index (χ1n) is 12.5. The highest BCUT2D eigenvalue weighted by molar-refractivity contribution is 5.79. The lowest BCUT2D eigenvalue weighted by Crippen LogP contribution is -2.47. The standard InChI is InChI=1S/C25H37N3O4/c29-25(20-5-10-28(17-20)22-6-11-30-12-7-22)26-21(18-27-8-1-2-9-27)15-19-3-4-23-24(16-19)32-14-13-31-23/h3-4,16,20-22H,1-2,5-15,17-18H2,(H,26,29). The van der Waals surface area contributed by atoms with Crippen molar-refractivity contribution in [1.29, 1.82) is 0 Å². The third-order valence-corrected chi connectivity index (χ3v) is 7.41. The SMILES string of the molecule is O=C(NC(Cc1ccc2c(c1)OCCO2)CN1CCCC1)C1CCN(C2CCOCC2)C1. The van der Waals surface area contributed by atoms with Gasteiger partial charge in [-0.1, -0.05) is 6.07 Å². The number of nitrogens with zero attached hydrogens (tertiary/aromatic N) is 2. The van der Waals surface area contributed by atoms with Crippen molar-refractivity contribution in [3.63, 3.8) is 0 Å². The average molecular weight is 444 g/mol. The Kier molecular flexibility index (Phi) is 7.15. The van der Waals surface area contributed by atoms with E-state index >= 15 is 0 Å². The van der Waals surface area contributed by atoms with Crippen molar-refractivity contribution in [3.8, 4) is 11.5 Å². The first kappa shape index (κ1) is 22.0. The van der Waals surface area contributed by atoms with Crippen LogP contribution in [-0.4, -0.2) is 86.9 Å². The van der Waals surface area contributed by atoms with Crippen LogP contribution in [0.3, 0.4) is 0 Å². The molecule has 1 N–H and O–H groups in total. The van der Waals surface area contributed by atoms with Crippen LogP contribution in [0.5, 0.6) is 11.5 Å². The van der Waals surface area contributed by atoms with Gasteiger partial charge in [0, 0.05) is 38.4 Å². The van der Waals surface area contributed by atoms with E-state index in [1.54, 1.807) is 0 Å². The van der Waals surface area contributed by atoms with Crippen molar-refractivity contribution in [3.05, 3.63) is 23.8 Å². The van der Waals surface area contributed by atoms with Gasteiger partial charge in [0.2, 0.25) is 5.91 Å². The lowest BCUT2D eigenvalue weighted by molar-refractivity contribution is -0.125. The maximum absolute atomic E-state index is 13.3. The number of rotatable bonds is 7. The normalized spacial score (nSPS) is 25.7. The second-order valence-corrected chi connectivity index (χ2v) is 9.72. The molecule has 0 spiro atoms. The highest BCUT2D eigenvalue weighted by Crippen LogP contribution is 2.31. The van der Waals surface area contributed by atoms with Crippen molar-refractivity contribution < 1.29 is 19.0 Å². The predicted molar refractivity (Wildman–Crippen MR) is 122 cm³/mol. The van der Waals surface area contributed by atoms with Crippen molar-refractivity contribution in [1.82, 2.24) is 15.1 Å². The highest BCUT2D eigenvalue weighted by Gasteiger charge is 2.34. The number of carbonyl (C=O) groups is 1. The highest BCUT2D eigenvalue weighted by atomic mass is 16.6. The van der Waals surface area contributed by atoms with Crippen LogP contribution in [0.4, 0.5) is 0 Å². The van der Waals surface area contributed by atoms with Gasteiger partial charge in [0.05, 0.1) is 5.92 Å². The molecule has 32 heavy (non-hydrogen) atoms. The fourth-order valence-corrected chi connectivity index (χ4v) is 5.64. The molecule has 0 aliphatic carbocycles. The quantitative estimate of drug-likeness (QED) is 0.696. The summed E-state index contributed by atoms with van der Waals surface area (Å²) in [4.78, 5) is 18.3. The van der Waals surface area contributed by atoms with Gasteiger partial charge in [-0.15, -0.1) is 0 Å². The molecule has 4 heterocycles. The maximum Gasteiger partial charge on any atom is 0.224 e. The third-order valence-electron chi connectivity index (χ3n) is 7.41. The first-order valence-corrected chi connectivity index (χ1v) is 12.5. The summed E-state index contributed by atoms with van der Waals surface area (Å²) in [5.74, 6) is 1.96. The number of hydrogen-bond donors (Lipinski definition) is 1. The summed E-state index contributed by atoms with van der Waals surface area (Å²) < 4.78 is 17.0. The molecular weight excluding hydrogens is 406 g/mol. The van der Waals surface area contributed by atoms with E-state index in [2.05, 4.69) is 27.2 Å². The van der Waals surface area contributed by atoms with Crippen LogP contribution in [0.25, 0.3) is 0 Å². The van der Waals surface area contributed by atoms with E-state index in [0.717, 1.165) is 83.1 Å². The van der Waals surface area contributed by atoms with Crippen LogP contribution in [0.15, 0.2) is 18.2 Å².